The van der Waals surface area contributed by atoms with Gasteiger partial charge in [0.15, 0.2) is 0 Å². The van der Waals surface area contributed by atoms with Gasteiger partial charge in [-0.2, -0.15) is 0 Å². The molecule has 2 rings (SSSR count). The molecule has 118 valence electrons. The number of pyridine rings is 1. The van der Waals surface area contributed by atoms with Gasteiger partial charge in [-0.1, -0.05) is 6.08 Å². The van der Waals surface area contributed by atoms with Crippen LogP contribution >= 0.6 is 0 Å². The number of nitrogens with zero attached hydrogens (tertiary/aromatic N) is 3. The number of likely N-dealkylation sites (N-methyl/N-ethyl adjacent to an activating group) is 1. The second kappa shape index (κ2) is 7.02. The van der Waals surface area contributed by atoms with Gasteiger partial charge in [-0.3, -0.25) is 24.3 Å². The maximum Gasteiger partial charge on any atom is 0.285 e. The number of amides is 1. The van der Waals surface area contributed by atoms with Crippen molar-refractivity contribution >= 4 is 11.6 Å². The number of nitro groups is 1. The van der Waals surface area contributed by atoms with E-state index in [9.17, 15) is 19.7 Å². The van der Waals surface area contributed by atoms with E-state index in [4.69, 9.17) is 0 Å². The maximum absolute atomic E-state index is 12.4. The van der Waals surface area contributed by atoms with Gasteiger partial charge in [0.1, 0.15) is 6.54 Å². The van der Waals surface area contributed by atoms with Gasteiger partial charge in [-0.05, 0) is 32.6 Å². The molecule has 0 spiro atoms. The highest BCUT2D eigenvalue weighted by Crippen LogP contribution is 2.21. The normalized spacial score (nSPS) is 14.3. The predicted molar refractivity (Wildman–Crippen MR) is 81.3 cm³/mol. The number of carbonyl (C=O) groups excluding carboxylic acids is 1. The molecule has 0 saturated heterocycles. The number of aromatic nitrogens is 1. The number of allylic oxidation sites excluding steroid dienone is 2. The predicted octanol–water partition coefficient (Wildman–Crippen LogP) is 2.06. The molecular formula is C15H19N3O4. The lowest BCUT2D eigenvalue weighted by Gasteiger charge is -2.26. The molecule has 0 N–H and O–H groups in total. The van der Waals surface area contributed by atoms with Crippen LogP contribution in [0.1, 0.15) is 32.6 Å². The molecule has 0 bridgehead atoms. The minimum Gasteiger partial charge on any atom is -0.315 e. The zero-order valence-corrected chi connectivity index (χ0v) is 12.5. The van der Waals surface area contributed by atoms with Crippen LogP contribution in [0.25, 0.3) is 0 Å². The van der Waals surface area contributed by atoms with Gasteiger partial charge in [-0.25, -0.2) is 0 Å². The summed E-state index contributed by atoms with van der Waals surface area (Å²) in [4.78, 5) is 36.1. The topological polar surface area (TPSA) is 85.4 Å². The van der Waals surface area contributed by atoms with Gasteiger partial charge in [0.2, 0.25) is 5.91 Å². The molecule has 1 aromatic rings. The van der Waals surface area contributed by atoms with E-state index in [0.29, 0.717) is 6.54 Å². The van der Waals surface area contributed by atoms with E-state index in [1.54, 1.807) is 4.90 Å². The van der Waals surface area contributed by atoms with Crippen molar-refractivity contribution in [2.24, 2.45) is 0 Å². The van der Waals surface area contributed by atoms with Crippen molar-refractivity contribution in [2.45, 2.75) is 39.2 Å². The van der Waals surface area contributed by atoms with Gasteiger partial charge in [-0.15, -0.1) is 0 Å². The third-order valence-electron chi connectivity index (χ3n) is 3.72. The van der Waals surface area contributed by atoms with E-state index >= 15 is 0 Å². The number of rotatable bonds is 5. The molecular weight excluding hydrogens is 286 g/mol. The van der Waals surface area contributed by atoms with Crippen molar-refractivity contribution in [3.63, 3.8) is 0 Å². The molecule has 0 aromatic carbocycles. The highest BCUT2D eigenvalue weighted by molar-refractivity contribution is 5.78. The molecule has 1 amide bonds. The molecule has 1 aliphatic rings. The van der Waals surface area contributed by atoms with Crippen LogP contribution in [0, 0.1) is 10.1 Å². The van der Waals surface area contributed by atoms with Crippen LogP contribution in [0.3, 0.4) is 0 Å². The number of hydrogen-bond acceptors (Lipinski definition) is 4. The summed E-state index contributed by atoms with van der Waals surface area (Å²) in [7, 11) is 0. The summed E-state index contributed by atoms with van der Waals surface area (Å²) in [5.74, 6) is -0.224. The van der Waals surface area contributed by atoms with Crippen molar-refractivity contribution < 1.29 is 9.72 Å². The fourth-order valence-electron chi connectivity index (χ4n) is 2.59. The van der Waals surface area contributed by atoms with Gasteiger partial charge < -0.3 is 4.90 Å². The quantitative estimate of drug-likeness (QED) is 0.615. The molecule has 1 aromatic heterocycles. The van der Waals surface area contributed by atoms with E-state index < -0.39 is 10.5 Å². The lowest BCUT2D eigenvalue weighted by Crippen LogP contribution is -2.36. The first-order chi connectivity index (χ1) is 10.5. The molecule has 1 heterocycles. The van der Waals surface area contributed by atoms with E-state index in [0.717, 1.165) is 54.3 Å². The summed E-state index contributed by atoms with van der Waals surface area (Å²) in [6, 6.07) is 2.26. The van der Waals surface area contributed by atoms with Crippen molar-refractivity contribution in [1.82, 2.24) is 9.47 Å². The molecule has 0 atom stereocenters. The summed E-state index contributed by atoms with van der Waals surface area (Å²) in [6.45, 7) is 2.21. The average Bonchev–Trinajstić information content (AvgIpc) is 2.51. The minimum atomic E-state index is -0.582. The zero-order valence-electron chi connectivity index (χ0n) is 12.5. The van der Waals surface area contributed by atoms with Crippen LogP contribution < -0.4 is 5.56 Å². The second-order valence-corrected chi connectivity index (χ2v) is 5.19. The summed E-state index contributed by atoms with van der Waals surface area (Å²) < 4.78 is 1.09. The number of carbonyl (C=O) groups is 1. The summed E-state index contributed by atoms with van der Waals surface area (Å²) in [5.41, 5.74) is 0.359. The van der Waals surface area contributed by atoms with Crippen molar-refractivity contribution in [1.29, 1.82) is 0 Å². The van der Waals surface area contributed by atoms with E-state index in [-0.39, 0.29) is 18.1 Å². The molecule has 1 aliphatic carbocycles. The Morgan fingerprint density at radius 1 is 1.41 bits per heavy atom. The summed E-state index contributed by atoms with van der Waals surface area (Å²) in [6.07, 6.45) is 7.15. The second-order valence-electron chi connectivity index (χ2n) is 5.19. The van der Waals surface area contributed by atoms with Crippen LogP contribution in [-0.4, -0.2) is 26.8 Å². The molecule has 7 nitrogen and oxygen atoms in total. The molecule has 0 unspecified atom stereocenters. The smallest absolute Gasteiger partial charge is 0.285 e. The Hall–Kier alpha value is -2.44. The maximum atomic E-state index is 12.4. The Kier molecular flexibility index (Phi) is 5.08. The number of hydrogen-bond donors (Lipinski definition) is 0. The standard InChI is InChI=1S/C15H19N3O4/c1-2-17(12-6-4-3-5-7-12)15(20)11-16-10-13(18(21)22)8-9-14(16)19/h6,8-10H,2-5,7,11H2,1H3. The molecule has 7 heteroatoms. The van der Waals surface area contributed by atoms with Crippen molar-refractivity contribution in [3.05, 3.63) is 50.6 Å². The van der Waals surface area contributed by atoms with Crippen LogP contribution in [0.5, 0.6) is 0 Å². The van der Waals surface area contributed by atoms with Gasteiger partial charge in [0.25, 0.3) is 11.2 Å². The largest absolute Gasteiger partial charge is 0.315 e. The third-order valence-corrected chi connectivity index (χ3v) is 3.72. The van der Waals surface area contributed by atoms with Crippen molar-refractivity contribution in [3.8, 4) is 0 Å². The van der Waals surface area contributed by atoms with Gasteiger partial charge in [0.05, 0.1) is 11.1 Å². The summed E-state index contributed by atoms with van der Waals surface area (Å²) in [5, 5.41) is 10.8. The first kappa shape index (κ1) is 15.9. The lowest BCUT2D eigenvalue weighted by atomic mass is 10.0. The summed E-state index contributed by atoms with van der Waals surface area (Å²) >= 11 is 0. The van der Waals surface area contributed by atoms with Gasteiger partial charge in [0, 0.05) is 24.4 Å². The van der Waals surface area contributed by atoms with Crippen LogP contribution in [-0.2, 0) is 11.3 Å². The zero-order chi connectivity index (χ0) is 16.1. The van der Waals surface area contributed by atoms with Crippen molar-refractivity contribution in [2.75, 3.05) is 6.54 Å². The highest BCUT2D eigenvalue weighted by atomic mass is 16.6. The van der Waals surface area contributed by atoms with Crippen LogP contribution in [0.15, 0.2) is 34.9 Å². The first-order valence-corrected chi connectivity index (χ1v) is 7.37. The molecule has 0 saturated carbocycles. The fourth-order valence-corrected chi connectivity index (χ4v) is 2.59. The Balaban J connectivity index is 2.20. The van der Waals surface area contributed by atoms with E-state index in [1.807, 2.05) is 6.92 Å². The Labute approximate surface area is 128 Å². The Morgan fingerprint density at radius 3 is 2.77 bits per heavy atom. The SMILES string of the molecule is CCN(C(=O)Cn1cc([N+](=O)[O-])ccc1=O)C1=CCCCC1. The van der Waals surface area contributed by atoms with Gasteiger partial charge >= 0.3 is 0 Å². The first-order valence-electron chi connectivity index (χ1n) is 7.37. The van der Waals surface area contributed by atoms with Crippen LogP contribution in [0.4, 0.5) is 5.69 Å². The van der Waals surface area contributed by atoms with Crippen LogP contribution in [0.2, 0.25) is 0 Å². The molecule has 0 aliphatic heterocycles. The minimum absolute atomic E-state index is 0.189. The Morgan fingerprint density at radius 2 is 2.18 bits per heavy atom. The fraction of sp³-hybridized carbons (Fsp3) is 0.467. The average molecular weight is 305 g/mol. The van der Waals surface area contributed by atoms with E-state index in [2.05, 4.69) is 6.08 Å². The third kappa shape index (κ3) is 3.60. The molecule has 0 fully saturated rings. The monoisotopic (exact) mass is 305 g/mol. The Bertz CT molecular complexity index is 663. The lowest BCUT2D eigenvalue weighted by molar-refractivity contribution is -0.385. The molecule has 22 heavy (non-hydrogen) atoms. The molecule has 0 radical (unpaired) electrons. The van der Waals surface area contributed by atoms with E-state index in [1.165, 1.54) is 0 Å². The highest BCUT2D eigenvalue weighted by Gasteiger charge is 2.19.